The Morgan fingerprint density at radius 2 is 2.04 bits per heavy atom. The standard InChI is InChI=1S/C17H18F2N4O2/c1-20-17(25)22-15(24)10-23(2)16(11-4-3-7-21-9-11)13-6-5-12(18)8-14(13)19/h3-9,16H,10H2,1-2H3,(H2,20,22,24,25). The monoisotopic (exact) mass is 348 g/mol. The van der Waals surface area contributed by atoms with Crippen molar-refractivity contribution in [3.63, 3.8) is 0 Å². The number of amides is 3. The Morgan fingerprint density at radius 3 is 2.64 bits per heavy atom. The topological polar surface area (TPSA) is 74.3 Å². The van der Waals surface area contributed by atoms with Gasteiger partial charge in [-0.15, -0.1) is 0 Å². The van der Waals surface area contributed by atoms with E-state index in [0.717, 1.165) is 12.1 Å². The highest BCUT2D eigenvalue weighted by atomic mass is 19.1. The van der Waals surface area contributed by atoms with Crippen molar-refractivity contribution in [1.82, 2.24) is 20.5 Å². The van der Waals surface area contributed by atoms with Crippen molar-refractivity contribution in [2.45, 2.75) is 6.04 Å². The second-order valence-corrected chi connectivity index (χ2v) is 5.40. The van der Waals surface area contributed by atoms with Gasteiger partial charge in [0.15, 0.2) is 0 Å². The Kier molecular flexibility index (Phi) is 6.13. The van der Waals surface area contributed by atoms with Crippen molar-refractivity contribution in [2.75, 3.05) is 20.6 Å². The first-order valence-corrected chi connectivity index (χ1v) is 7.49. The molecule has 1 atom stereocenters. The molecule has 132 valence electrons. The van der Waals surface area contributed by atoms with E-state index in [1.807, 2.05) is 0 Å². The summed E-state index contributed by atoms with van der Waals surface area (Å²) in [5.41, 5.74) is 0.827. The number of likely N-dealkylation sites (N-methyl/N-ethyl adjacent to an activating group) is 1. The molecule has 0 saturated carbocycles. The molecule has 0 aliphatic rings. The maximum absolute atomic E-state index is 14.3. The van der Waals surface area contributed by atoms with Gasteiger partial charge in [-0.2, -0.15) is 0 Å². The van der Waals surface area contributed by atoms with Crippen LogP contribution >= 0.6 is 0 Å². The Labute approximate surface area is 143 Å². The number of hydrogen-bond donors (Lipinski definition) is 2. The van der Waals surface area contributed by atoms with E-state index in [2.05, 4.69) is 15.6 Å². The largest absolute Gasteiger partial charge is 0.341 e. The molecule has 0 aliphatic carbocycles. The summed E-state index contributed by atoms with van der Waals surface area (Å²) in [6.07, 6.45) is 3.11. The van der Waals surface area contributed by atoms with Gasteiger partial charge in [-0.25, -0.2) is 13.6 Å². The van der Waals surface area contributed by atoms with Gasteiger partial charge in [0.05, 0.1) is 12.6 Å². The van der Waals surface area contributed by atoms with E-state index in [9.17, 15) is 18.4 Å². The summed E-state index contributed by atoms with van der Waals surface area (Å²) < 4.78 is 27.5. The van der Waals surface area contributed by atoms with E-state index in [-0.39, 0.29) is 12.1 Å². The molecule has 1 heterocycles. The molecule has 1 aromatic heterocycles. The molecule has 0 spiro atoms. The molecule has 0 fully saturated rings. The second kappa shape index (κ2) is 8.29. The number of imide groups is 1. The van der Waals surface area contributed by atoms with Crippen LogP contribution in [0.4, 0.5) is 13.6 Å². The summed E-state index contributed by atoms with van der Waals surface area (Å²) in [4.78, 5) is 28.7. The molecule has 1 unspecified atom stereocenters. The summed E-state index contributed by atoms with van der Waals surface area (Å²) in [6, 6.07) is 5.37. The van der Waals surface area contributed by atoms with E-state index in [1.165, 1.54) is 13.1 Å². The van der Waals surface area contributed by atoms with Crippen LogP contribution in [-0.4, -0.2) is 42.5 Å². The fraction of sp³-hybridized carbons (Fsp3) is 0.235. The van der Waals surface area contributed by atoms with Gasteiger partial charge in [0.25, 0.3) is 0 Å². The summed E-state index contributed by atoms with van der Waals surface area (Å²) >= 11 is 0. The average molecular weight is 348 g/mol. The van der Waals surface area contributed by atoms with Crippen molar-refractivity contribution >= 4 is 11.9 Å². The van der Waals surface area contributed by atoms with Gasteiger partial charge in [-0.3, -0.25) is 20.0 Å². The molecule has 3 amide bonds. The zero-order valence-corrected chi connectivity index (χ0v) is 13.8. The average Bonchev–Trinajstić information content (AvgIpc) is 2.57. The van der Waals surface area contributed by atoms with Gasteiger partial charge in [0.2, 0.25) is 5.91 Å². The normalized spacial score (nSPS) is 11.9. The van der Waals surface area contributed by atoms with Crippen molar-refractivity contribution in [1.29, 1.82) is 0 Å². The molecule has 25 heavy (non-hydrogen) atoms. The lowest BCUT2D eigenvalue weighted by molar-refractivity contribution is -0.121. The zero-order chi connectivity index (χ0) is 18.4. The van der Waals surface area contributed by atoms with Crippen LogP contribution in [0, 0.1) is 11.6 Å². The number of nitrogens with one attached hydrogen (secondary N) is 2. The first-order chi connectivity index (χ1) is 11.9. The second-order valence-electron chi connectivity index (χ2n) is 5.40. The molecule has 1 aromatic carbocycles. The number of nitrogens with zero attached hydrogens (tertiary/aromatic N) is 2. The Balaban J connectivity index is 2.32. The predicted molar refractivity (Wildman–Crippen MR) is 87.7 cm³/mol. The Hall–Kier alpha value is -2.87. The number of carbonyl (C=O) groups is 2. The van der Waals surface area contributed by atoms with Gasteiger partial charge < -0.3 is 5.32 Å². The van der Waals surface area contributed by atoms with Crippen molar-refractivity contribution < 1.29 is 18.4 Å². The smallest absolute Gasteiger partial charge is 0.321 e. The van der Waals surface area contributed by atoms with Crippen LogP contribution in [0.3, 0.4) is 0 Å². The fourth-order valence-electron chi connectivity index (χ4n) is 2.48. The maximum atomic E-state index is 14.3. The summed E-state index contributed by atoms with van der Waals surface area (Å²) in [7, 11) is 2.99. The first kappa shape index (κ1) is 18.5. The number of aromatic nitrogens is 1. The number of urea groups is 1. The van der Waals surface area contributed by atoms with E-state index in [0.29, 0.717) is 5.56 Å². The molecule has 6 nitrogen and oxygen atoms in total. The molecule has 0 radical (unpaired) electrons. The number of halogens is 2. The highest BCUT2D eigenvalue weighted by Gasteiger charge is 2.25. The molecule has 2 rings (SSSR count). The summed E-state index contributed by atoms with van der Waals surface area (Å²) in [6.45, 7) is -0.177. The molecule has 0 saturated heterocycles. The van der Waals surface area contributed by atoms with Crippen LogP contribution in [0.1, 0.15) is 17.2 Å². The lowest BCUT2D eigenvalue weighted by atomic mass is 9.98. The van der Waals surface area contributed by atoms with Crippen LogP contribution in [0.25, 0.3) is 0 Å². The fourth-order valence-corrected chi connectivity index (χ4v) is 2.48. The minimum atomic E-state index is -0.729. The summed E-state index contributed by atoms with van der Waals surface area (Å²) in [5, 5.41) is 4.42. The van der Waals surface area contributed by atoms with Gasteiger partial charge in [0, 0.05) is 31.1 Å². The molecule has 8 heteroatoms. The number of hydrogen-bond acceptors (Lipinski definition) is 4. The molecular formula is C17H18F2N4O2. The molecular weight excluding hydrogens is 330 g/mol. The minimum Gasteiger partial charge on any atom is -0.341 e. The van der Waals surface area contributed by atoms with E-state index < -0.39 is 29.6 Å². The van der Waals surface area contributed by atoms with Crippen LogP contribution in [0.15, 0.2) is 42.7 Å². The zero-order valence-electron chi connectivity index (χ0n) is 13.8. The van der Waals surface area contributed by atoms with Crippen LogP contribution in [-0.2, 0) is 4.79 Å². The first-order valence-electron chi connectivity index (χ1n) is 7.49. The van der Waals surface area contributed by atoms with Gasteiger partial charge in [0.1, 0.15) is 11.6 Å². The van der Waals surface area contributed by atoms with Gasteiger partial charge in [-0.05, 0) is 24.7 Å². The lowest BCUT2D eigenvalue weighted by Gasteiger charge is -2.28. The molecule has 0 bridgehead atoms. The Morgan fingerprint density at radius 1 is 1.28 bits per heavy atom. The number of benzene rings is 1. The highest BCUT2D eigenvalue weighted by molar-refractivity contribution is 5.95. The third-order valence-corrected chi connectivity index (χ3v) is 3.57. The van der Waals surface area contributed by atoms with E-state index in [1.54, 1.807) is 36.5 Å². The highest BCUT2D eigenvalue weighted by Crippen LogP contribution is 2.29. The quantitative estimate of drug-likeness (QED) is 0.865. The Bertz CT molecular complexity index is 756. The number of pyridine rings is 1. The van der Waals surface area contributed by atoms with Crippen LogP contribution < -0.4 is 10.6 Å². The van der Waals surface area contributed by atoms with Gasteiger partial charge >= 0.3 is 6.03 Å². The molecule has 2 N–H and O–H groups in total. The van der Waals surface area contributed by atoms with E-state index >= 15 is 0 Å². The maximum Gasteiger partial charge on any atom is 0.321 e. The van der Waals surface area contributed by atoms with Crippen molar-refractivity contribution in [3.8, 4) is 0 Å². The number of carbonyl (C=O) groups excluding carboxylic acids is 2. The van der Waals surface area contributed by atoms with E-state index in [4.69, 9.17) is 0 Å². The number of rotatable bonds is 5. The molecule has 2 aromatic rings. The predicted octanol–water partition coefficient (Wildman–Crippen LogP) is 1.84. The third kappa shape index (κ3) is 4.80. The van der Waals surface area contributed by atoms with Crippen molar-refractivity contribution in [3.05, 3.63) is 65.5 Å². The minimum absolute atomic E-state index is 0.177. The molecule has 0 aliphatic heterocycles. The van der Waals surface area contributed by atoms with Crippen LogP contribution in [0.5, 0.6) is 0 Å². The van der Waals surface area contributed by atoms with Crippen LogP contribution in [0.2, 0.25) is 0 Å². The SMILES string of the molecule is CNC(=O)NC(=O)CN(C)C(c1cccnc1)c1ccc(F)cc1F. The van der Waals surface area contributed by atoms with Crippen molar-refractivity contribution in [2.24, 2.45) is 0 Å². The van der Waals surface area contributed by atoms with Gasteiger partial charge in [-0.1, -0.05) is 12.1 Å². The lowest BCUT2D eigenvalue weighted by Crippen LogP contribution is -2.43. The third-order valence-electron chi connectivity index (χ3n) is 3.57. The summed E-state index contributed by atoms with van der Waals surface area (Å²) in [5.74, 6) is -1.98.